The third-order valence-electron chi connectivity index (χ3n) is 3.36. The first kappa shape index (κ1) is 14.2. The number of hydrogen-bond donors (Lipinski definition) is 1. The predicted octanol–water partition coefficient (Wildman–Crippen LogP) is 1.37. The van der Waals surface area contributed by atoms with Crippen molar-refractivity contribution >= 4 is 34.7 Å². The van der Waals surface area contributed by atoms with Crippen LogP contribution >= 0.6 is 11.3 Å². The monoisotopic (exact) mass is 315 g/mol. The zero-order valence-corrected chi connectivity index (χ0v) is 12.9. The maximum atomic E-state index is 12.2. The zero-order chi connectivity index (χ0) is 16.0. The molecular weight excluding hydrogens is 302 g/mol. The quantitative estimate of drug-likeness (QED) is 0.791. The molecular formula is C14H13N5O2S. The Morgan fingerprint density at radius 2 is 1.86 bits per heavy atom. The molecule has 0 saturated heterocycles. The number of aryl methyl sites for hydroxylation is 1. The van der Waals surface area contributed by atoms with E-state index in [1.165, 1.54) is 23.0 Å². The van der Waals surface area contributed by atoms with Gasteiger partial charge in [0.15, 0.2) is 16.5 Å². The lowest BCUT2D eigenvalue weighted by Gasteiger charge is -2.00. The smallest absolute Gasteiger partial charge is 0.330 e. The van der Waals surface area contributed by atoms with E-state index in [0.29, 0.717) is 22.2 Å². The molecule has 0 aliphatic heterocycles. The van der Waals surface area contributed by atoms with Crippen molar-refractivity contribution in [1.29, 1.82) is 0 Å². The van der Waals surface area contributed by atoms with Crippen LogP contribution < -0.4 is 11.2 Å². The van der Waals surface area contributed by atoms with Crippen molar-refractivity contribution in [2.24, 2.45) is 14.1 Å². The van der Waals surface area contributed by atoms with Crippen molar-refractivity contribution in [3.63, 3.8) is 0 Å². The Balaban J connectivity index is 2.32. The molecule has 0 aliphatic rings. The Morgan fingerprint density at radius 3 is 2.45 bits per heavy atom. The number of aromatic amines is 1. The van der Waals surface area contributed by atoms with Crippen molar-refractivity contribution in [1.82, 2.24) is 24.1 Å². The third-order valence-corrected chi connectivity index (χ3v) is 4.43. The van der Waals surface area contributed by atoms with Crippen LogP contribution in [-0.4, -0.2) is 24.1 Å². The molecule has 1 N–H and O–H groups in total. The molecule has 0 spiro atoms. The number of aromatic nitrogens is 5. The lowest BCUT2D eigenvalue weighted by molar-refractivity contribution is 0.709. The van der Waals surface area contributed by atoms with E-state index in [1.54, 1.807) is 19.2 Å². The fraction of sp³-hybridized carbons (Fsp3) is 0.143. The van der Waals surface area contributed by atoms with Gasteiger partial charge in [-0.15, -0.1) is 11.3 Å². The normalized spacial score (nSPS) is 11.0. The summed E-state index contributed by atoms with van der Waals surface area (Å²) in [5.41, 5.74) is 0.445. The molecule has 0 saturated carbocycles. The molecule has 0 atom stereocenters. The van der Waals surface area contributed by atoms with Gasteiger partial charge in [0.2, 0.25) is 0 Å². The van der Waals surface area contributed by atoms with Gasteiger partial charge in [-0.2, -0.15) is 0 Å². The minimum Gasteiger partial charge on any atom is -0.330 e. The highest BCUT2D eigenvalue weighted by atomic mass is 32.1. The molecule has 0 bridgehead atoms. The van der Waals surface area contributed by atoms with Gasteiger partial charge in [-0.1, -0.05) is 13.2 Å². The molecule has 0 aliphatic carbocycles. The highest BCUT2D eigenvalue weighted by Crippen LogP contribution is 2.28. The van der Waals surface area contributed by atoms with E-state index in [-0.39, 0.29) is 5.52 Å². The van der Waals surface area contributed by atoms with Gasteiger partial charge in [0.25, 0.3) is 5.56 Å². The van der Waals surface area contributed by atoms with Gasteiger partial charge in [0.1, 0.15) is 5.52 Å². The van der Waals surface area contributed by atoms with Gasteiger partial charge in [-0.25, -0.2) is 14.8 Å². The van der Waals surface area contributed by atoms with Gasteiger partial charge in [0, 0.05) is 14.1 Å². The minimum absolute atomic E-state index is 0.273. The van der Waals surface area contributed by atoms with Crippen LogP contribution in [0.25, 0.3) is 34.1 Å². The van der Waals surface area contributed by atoms with Crippen molar-refractivity contribution < 1.29 is 0 Å². The van der Waals surface area contributed by atoms with Gasteiger partial charge >= 0.3 is 5.69 Å². The van der Waals surface area contributed by atoms with Crippen LogP contribution in [0.1, 0.15) is 10.6 Å². The lowest BCUT2D eigenvalue weighted by Crippen LogP contribution is -2.36. The van der Waals surface area contributed by atoms with E-state index in [1.807, 2.05) is 0 Å². The maximum Gasteiger partial charge on any atom is 0.332 e. The van der Waals surface area contributed by atoms with Crippen LogP contribution in [0.4, 0.5) is 0 Å². The van der Waals surface area contributed by atoms with E-state index in [0.717, 1.165) is 9.44 Å². The summed E-state index contributed by atoms with van der Waals surface area (Å²) in [6.45, 7) is 7.44. The third kappa shape index (κ3) is 1.88. The Labute approximate surface area is 128 Å². The average Bonchev–Trinajstić information content (AvgIpc) is 3.14. The second-order valence-electron chi connectivity index (χ2n) is 4.67. The van der Waals surface area contributed by atoms with Gasteiger partial charge < -0.3 is 4.98 Å². The lowest BCUT2D eigenvalue weighted by atomic mass is 10.3. The summed E-state index contributed by atoms with van der Waals surface area (Å²) in [7, 11) is 3.00. The van der Waals surface area contributed by atoms with Crippen LogP contribution in [0, 0.1) is 0 Å². The number of imidazole rings is 1. The Kier molecular flexibility index (Phi) is 3.18. The summed E-state index contributed by atoms with van der Waals surface area (Å²) in [4.78, 5) is 36.7. The molecule has 3 rings (SSSR count). The number of rotatable bonds is 3. The molecule has 0 radical (unpaired) electrons. The van der Waals surface area contributed by atoms with E-state index >= 15 is 0 Å². The predicted molar refractivity (Wildman–Crippen MR) is 87.9 cm³/mol. The highest BCUT2D eigenvalue weighted by molar-refractivity contribution is 7.16. The Morgan fingerprint density at radius 1 is 1.14 bits per heavy atom. The van der Waals surface area contributed by atoms with Crippen LogP contribution in [0.15, 0.2) is 22.7 Å². The second kappa shape index (κ2) is 4.92. The van der Waals surface area contributed by atoms with Crippen LogP contribution in [0.5, 0.6) is 0 Å². The summed E-state index contributed by atoms with van der Waals surface area (Å²) in [6, 6.07) is 0. The number of thiazole rings is 1. The topological polar surface area (TPSA) is 85.6 Å². The van der Waals surface area contributed by atoms with Crippen molar-refractivity contribution in [2.75, 3.05) is 0 Å². The molecule has 3 aromatic heterocycles. The van der Waals surface area contributed by atoms with Crippen LogP contribution in [0.2, 0.25) is 0 Å². The molecule has 112 valence electrons. The summed E-state index contributed by atoms with van der Waals surface area (Å²) in [5.74, 6) is 0.439. The van der Waals surface area contributed by atoms with Crippen LogP contribution in [-0.2, 0) is 14.1 Å². The summed E-state index contributed by atoms with van der Waals surface area (Å²) < 4.78 is 2.36. The molecule has 0 amide bonds. The molecule has 3 aromatic rings. The number of nitrogens with one attached hydrogen (secondary N) is 1. The first-order chi connectivity index (χ1) is 10.5. The summed E-state index contributed by atoms with van der Waals surface area (Å²) >= 11 is 1.38. The van der Waals surface area contributed by atoms with E-state index in [4.69, 9.17) is 0 Å². The first-order valence-corrected chi connectivity index (χ1v) is 7.21. The average molecular weight is 315 g/mol. The van der Waals surface area contributed by atoms with E-state index < -0.39 is 11.2 Å². The summed E-state index contributed by atoms with van der Waals surface area (Å²) in [6.07, 6.45) is 3.32. The van der Waals surface area contributed by atoms with E-state index in [9.17, 15) is 9.59 Å². The molecule has 8 heteroatoms. The van der Waals surface area contributed by atoms with Gasteiger partial charge in [0.05, 0.1) is 10.6 Å². The van der Waals surface area contributed by atoms with Gasteiger partial charge in [-0.05, 0) is 12.2 Å². The number of fused-ring (bicyclic) bond motifs is 1. The molecule has 0 unspecified atom stereocenters. The zero-order valence-electron chi connectivity index (χ0n) is 12.1. The number of H-pyrrole nitrogens is 1. The second-order valence-corrected chi connectivity index (χ2v) is 5.70. The van der Waals surface area contributed by atoms with Crippen molar-refractivity contribution in [3.8, 4) is 10.8 Å². The molecule has 22 heavy (non-hydrogen) atoms. The molecule has 3 heterocycles. The highest BCUT2D eigenvalue weighted by Gasteiger charge is 2.17. The minimum atomic E-state index is -0.423. The standard InChI is InChI=1S/C14H13N5O2S/c1-5-7-8(6-2)22-12(15-7)10-16-9-11(17-10)18(3)14(21)19(4)13(9)20/h5-6H,1-2H2,3-4H3,(H,16,17). The Hall–Kier alpha value is -2.74. The SMILES string of the molecule is C=Cc1nc(-c2nc3c([nH]2)c(=O)n(C)c(=O)n3C)sc1C=C. The van der Waals surface area contributed by atoms with Crippen LogP contribution in [0.3, 0.4) is 0 Å². The summed E-state index contributed by atoms with van der Waals surface area (Å²) in [5, 5.41) is 0.607. The molecule has 0 fully saturated rings. The fourth-order valence-electron chi connectivity index (χ4n) is 2.16. The van der Waals surface area contributed by atoms with Crippen molar-refractivity contribution in [2.45, 2.75) is 0 Å². The first-order valence-electron chi connectivity index (χ1n) is 6.39. The fourth-order valence-corrected chi connectivity index (χ4v) is 3.03. The number of nitrogens with zero attached hydrogens (tertiary/aromatic N) is 4. The molecule has 0 aromatic carbocycles. The van der Waals surface area contributed by atoms with Crippen molar-refractivity contribution in [3.05, 3.63) is 44.6 Å². The maximum absolute atomic E-state index is 12.2. The van der Waals surface area contributed by atoms with E-state index in [2.05, 4.69) is 28.1 Å². The largest absolute Gasteiger partial charge is 0.332 e. The Bertz CT molecular complexity index is 1010. The molecule has 7 nitrogen and oxygen atoms in total. The number of hydrogen-bond acceptors (Lipinski definition) is 5. The van der Waals surface area contributed by atoms with Gasteiger partial charge in [-0.3, -0.25) is 13.9 Å².